The van der Waals surface area contributed by atoms with E-state index in [-0.39, 0.29) is 22.8 Å². The first-order valence-electron chi connectivity index (χ1n) is 11.7. The Morgan fingerprint density at radius 3 is 2.06 bits per heavy atom. The second-order valence-corrected chi connectivity index (χ2v) is 9.09. The molecule has 0 aromatic heterocycles. The van der Waals surface area contributed by atoms with Crippen molar-refractivity contribution in [2.24, 2.45) is 0 Å². The molecule has 0 saturated heterocycles. The third-order valence-electron chi connectivity index (χ3n) is 5.88. The van der Waals surface area contributed by atoms with Crippen LogP contribution in [0.1, 0.15) is 26.7 Å². The maximum absolute atomic E-state index is 11.6. The maximum atomic E-state index is 11.6. The summed E-state index contributed by atoms with van der Waals surface area (Å²) in [5.74, 6) is 1.29. The maximum Gasteiger partial charge on any atom is 0.173 e. The minimum atomic E-state index is -0.120. The van der Waals surface area contributed by atoms with Crippen molar-refractivity contribution in [1.29, 1.82) is 0 Å². The van der Waals surface area contributed by atoms with Gasteiger partial charge in [0.25, 0.3) is 0 Å². The van der Waals surface area contributed by atoms with Crippen LogP contribution in [0.2, 0.25) is 10.0 Å². The van der Waals surface area contributed by atoms with E-state index in [9.17, 15) is 10.2 Å². The lowest BCUT2D eigenvalue weighted by Crippen LogP contribution is -2.03. The van der Waals surface area contributed by atoms with Gasteiger partial charge in [-0.25, -0.2) is 0 Å². The molecule has 0 heterocycles. The predicted octanol–water partition coefficient (Wildman–Crippen LogP) is 7.97. The van der Waals surface area contributed by atoms with E-state index in [1.807, 2.05) is 13.8 Å². The Bertz CT molecular complexity index is 1430. The van der Waals surface area contributed by atoms with Gasteiger partial charge >= 0.3 is 0 Å². The lowest BCUT2D eigenvalue weighted by Gasteiger charge is -2.22. The van der Waals surface area contributed by atoms with Crippen molar-refractivity contribution < 1.29 is 29.2 Å². The lowest BCUT2D eigenvalue weighted by atomic mass is 9.93. The van der Waals surface area contributed by atoms with Crippen LogP contribution in [0.15, 0.2) is 36.4 Å². The number of hydrogen-bond donors (Lipinski definition) is 2. The van der Waals surface area contributed by atoms with E-state index in [1.54, 1.807) is 36.4 Å². The number of phenolic OH excluding ortho intramolecular Hbond substituents is 2. The summed E-state index contributed by atoms with van der Waals surface area (Å²) in [4.78, 5) is 0. The molecule has 0 aliphatic carbocycles. The fourth-order valence-corrected chi connectivity index (χ4v) is 4.71. The summed E-state index contributed by atoms with van der Waals surface area (Å²) in [6.07, 6.45) is 1.53. The van der Waals surface area contributed by atoms with Gasteiger partial charge in [0.2, 0.25) is 0 Å². The van der Waals surface area contributed by atoms with E-state index in [4.69, 9.17) is 42.1 Å². The summed E-state index contributed by atoms with van der Waals surface area (Å²) in [6, 6.07) is 10.2. The molecule has 0 amide bonds. The van der Waals surface area contributed by atoms with Crippen molar-refractivity contribution in [3.8, 4) is 45.6 Å². The average molecular weight is 531 g/mol. The van der Waals surface area contributed by atoms with E-state index in [1.165, 1.54) is 14.2 Å². The Balaban J connectivity index is 2.15. The van der Waals surface area contributed by atoms with E-state index < -0.39 is 0 Å². The number of rotatable bonds is 9. The quantitative estimate of drug-likeness (QED) is 0.228. The van der Waals surface area contributed by atoms with Crippen molar-refractivity contribution in [2.45, 2.75) is 26.7 Å². The second kappa shape index (κ2) is 10.8. The Morgan fingerprint density at radius 2 is 1.39 bits per heavy atom. The number of phenols is 2. The van der Waals surface area contributed by atoms with E-state index in [0.29, 0.717) is 67.6 Å². The van der Waals surface area contributed by atoms with Crippen LogP contribution in [0.5, 0.6) is 34.5 Å². The molecule has 8 heteroatoms. The van der Waals surface area contributed by atoms with Crippen molar-refractivity contribution in [3.05, 3.63) is 46.4 Å². The number of fused-ring (bicyclic) bond motifs is 2. The zero-order valence-electron chi connectivity index (χ0n) is 20.6. The molecule has 2 N–H and O–H groups in total. The van der Waals surface area contributed by atoms with E-state index >= 15 is 0 Å². The van der Waals surface area contributed by atoms with Crippen molar-refractivity contribution in [1.82, 2.24) is 0 Å². The van der Waals surface area contributed by atoms with Gasteiger partial charge in [-0.05, 0) is 49.2 Å². The predicted molar refractivity (Wildman–Crippen MR) is 145 cm³/mol. The van der Waals surface area contributed by atoms with Gasteiger partial charge in [-0.2, -0.15) is 0 Å². The number of halogens is 2. The highest BCUT2D eigenvalue weighted by Crippen LogP contribution is 2.56. The zero-order chi connectivity index (χ0) is 26.0. The van der Waals surface area contributed by atoms with Crippen LogP contribution < -0.4 is 18.9 Å². The van der Waals surface area contributed by atoms with Gasteiger partial charge < -0.3 is 29.2 Å². The van der Waals surface area contributed by atoms with Crippen molar-refractivity contribution >= 4 is 44.7 Å². The third-order valence-corrected chi connectivity index (χ3v) is 6.42. The third kappa shape index (κ3) is 4.40. The highest BCUT2D eigenvalue weighted by Gasteiger charge is 2.28. The van der Waals surface area contributed by atoms with Gasteiger partial charge in [0, 0.05) is 26.7 Å². The van der Waals surface area contributed by atoms with Crippen LogP contribution in [0.3, 0.4) is 0 Å². The highest BCUT2D eigenvalue weighted by molar-refractivity contribution is 6.34. The fraction of sp³-hybridized carbons (Fsp3) is 0.286. The minimum Gasteiger partial charge on any atom is -0.507 e. The van der Waals surface area contributed by atoms with Crippen LogP contribution >= 0.6 is 23.2 Å². The molecule has 6 nitrogen and oxygen atoms in total. The molecule has 4 aromatic rings. The molecule has 0 aliphatic rings. The SMILES string of the molecule is CCCOc1cc(-c2c(OC)c(OCCC)c3c(OC)c(Cl)ccc3c2O)c(O)c2ccc(Cl)cc12. The average Bonchev–Trinajstić information content (AvgIpc) is 2.87. The van der Waals surface area contributed by atoms with E-state index in [0.717, 1.165) is 12.8 Å². The summed E-state index contributed by atoms with van der Waals surface area (Å²) >= 11 is 12.7. The summed E-state index contributed by atoms with van der Waals surface area (Å²) in [5.41, 5.74) is 0.582. The lowest BCUT2D eigenvalue weighted by molar-refractivity contribution is 0.296. The van der Waals surface area contributed by atoms with Gasteiger partial charge in [0.1, 0.15) is 23.0 Å². The van der Waals surface area contributed by atoms with E-state index in [2.05, 4.69) is 0 Å². The first-order chi connectivity index (χ1) is 17.4. The van der Waals surface area contributed by atoms with Gasteiger partial charge in [-0.15, -0.1) is 0 Å². The molecular formula is C28H28Cl2O6. The Labute approximate surface area is 219 Å². The highest BCUT2D eigenvalue weighted by atomic mass is 35.5. The summed E-state index contributed by atoms with van der Waals surface area (Å²) in [6.45, 7) is 4.84. The molecule has 0 atom stereocenters. The molecule has 190 valence electrons. The van der Waals surface area contributed by atoms with Crippen LogP contribution in [-0.4, -0.2) is 37.6 Å². The Morgan fingerprint density at radius 1 is 0.722 bits per heavy atom. The summed E-state index contributed by atoms with van der Waals surface area (Å²) in [5, 5.41) is 26.0. The minimum absolute atomic E-state index is 0.0548. The molecular weight excluding hydrogens is 503 g/mol. The molecule has 4 rings (SSSR count). The van der Waals surface area contributed by atoms with Crippen LogP contribution in [0, 0.1) is 0 Å². The Kier molecular flexibility index (Phi) is 7.76. The van der Waals surface area contributed by atoms with Gasteiger partial charge in [-0.3, -0.25) is 0 Å². The zero-order valence-corrected chi connectivity index (χ0v) is 22.1. The number of ether oxygens (including phenoxy) is 4. The van der Waals surface area contributed by atoms with Gasteiger partial charge in [0.15, 0.2) is 11.5 Å². The molecule has 4 aromatic carbocycles. The molecule has 0 bridgehead atoms. The second-order valence-electron chi connectivity index (χ2n) is 8.25. The molecule has 36 heavy (non-hydrogen) atoms. The van der Waals surface area contributed by atoms with Crippen LogP contribution in [0.4, 0.5) is 0 Å². The topological polar surface area (TPSA) is 77.4 Å². The van der Waals surface area contributed by atoms with Crippen LogP contribution in [0.25, 0.3) is 32.7 Å². The normalized spacial score (nSPS) is 11.2. The molecule has 0 saturated carbocycles. The smallest absolute Gasteiger partial charge is 0.173 e. The Hall–Kier alpha value is -3.22. The molecule has 0 fully saturated rings. The fourth-order valence-electron chi connectivity index (χ4n) is 4.31. The molecule has 0 aliphatic heterocycles. The van der Waals surface area contributed by atoms with Crippen LogP contribution in [-0.2, 0) is 0 Å². The molecule has 0 radical (unpaired) electrons. The molecule has 0 spiro atoms. The number of aromatic hydroxyl groups is 2. The van der Waals surface area contributed by atoms with Gasteiger partial charge in [-0.1, -0.05) is 37.0 Å². The number of methoxy groups -OCH3 is 2. The monoisotopic (exact) mass is 530 g/mol. The first kappa shape index (κ1) is 25.9. The summed E-state index contributed by atoms with van der Waals surface area (Å²) in [7, 11) is 2.98. The van der Waals surface area contributed by atoms with Crippen molar-refractivity contribution in [2.75, 3.05) is 27.4 Å². The standard InChI is InChI=1S/C28H28Cl2O6/c1-5-11-35-21-14-19(24(31)16-8-7-15(29)13-18(16)21)22-25(32)17-9-10-20(30)26(33-3)23(17)28(27(22)34-4)36-12-6-2/h7-10,13-14,31-32H,5-6,11-12H2,1-4H3. The number of benzene rings is 4. The van der Waals surface area contributed by atoms with Gasteiger partial charge in [0.05, 0.1) is 43.4 Å². The number of hydrogen-bond acceptors (Lipinski definition) is 6. The largest absolute Gasteiger partial charge is 0.507 e. The van der Waals surface area contributed by atoms with Crippen molar-refractivity contribution in [3.63, 3.8) is 0 Å². The molecule has 0 unspecified atom stereocenters. The summed E-state index contributed by atoms with van der Waals surface area (Å²) < 4.78 is 23.5. The first-order valence-corrected chi connectivity index (χ1v) is 12.4.